The zero-order valence-corrected chi connectivity index (χ0v) is 8.52. The van der Waals surface area contributed by atoms with Crippen molar-refractivity contribution in [3.63, 3.8) is 0 Å². The van der Waals surface area contributed by atoms with Gasteiger partial charge in [-0.15, -0.1) is 0 Å². The molecule has 0 N–H and O–H groups in total. The highest BCUT2D eigenvalue weighted by Gasteiger charge is 1.91. The first-order chi connectivity index (χ1) is 4.83. The van der Waals surface area contributed by atoms with Crippen molar-refractivity contribution in [2.75, 3.05) is 5.33 Å². The first kappa shape index (κ1) is 8.21. The third kappa shape index (κ3) is 2.39. The number of nitrogens with zero attached hydrogens (tertiary/aromatic N) is 1. The maximum absolute atomic E-state index is 4.02. The molecule has 54 valence electrons. The summed E-state index contributed by atoms with van der Waals surface area (Å²) >= 11 is 6.68. The van der Waals surface area contributed by atoms with E-state index in [2.05, 4.69) is 36.8 Å². The summed E-state index contributed by atoms with van der Waals surface area (Å²) in [5.41, 5.74) is 1.30. The number of rotatable bonds is 2. The molecule has 1 heterocycles. The van der Waals surface area contributed by atoms with Gasteiger partial charge in [0.25, 0.3) is 0 Å². The Morgan fingerprint density at radius 2 is 2.30 bits per heavy atom. The Labute approximate surface area is 77.1 Å². The summed E-state index contributed by atoms with van der Waals surface area (Å²) in [5.74, 6) is 0. The lowest BCUT2D eigenvalue weighted by Gasteiger charge is -1.95. The van der Waals surface area contributed by atoms with Crippen molar-refractivity contribution in [2.45, 2.75) is 6.42 Å². The molecule has 1 nitrogen and oxygen atoms in total. The van der Waals surface area contributed by atoms with E-state index in [1.54, 1.807) is 0 Å². The number of alkyl halides is 1. The Bertz CT molecular complexity index is 213. The van der Waals surface area contributed by atoms with Gasteiger partial charge in [-0.05, 0) is 40.0 Å². The molecule has 0 amide bonds. The number of pyridine rings is 1. The largest absolute Gasteiger partial charge is 0.249 e. The van der Waals surface area contributed by atoms with Crippen LogP contribution in [0, 0.1) is 0 Å². The van der Waals surface area contributed by atoms with Crippen LogP contribution in [0.15, 0.2) is 22.9 Å². The summed E-state index contributed by atoms with van der Waals surface area (Å²) < 4.78 is 0.908. The number of hydrogen-bond acceptors (Lipinski definition) is 1. The normalized spacial score (nSPS) is 9.80. The van der Waals surface area contributed by atoms with E-state index in [1.807, 2.05) is 18.3 Å². The van der Waals surface area contributed by atoms with E-state index in [-0.39, 0.29) is 0 Å². The number of hydrogen-bond donors (Lipinski definition) is 0. The van der Waals surface area contributed by atoms with E-state index in [4.69, 9.17) is 0 Å². The molecule has 0 unspecified atom stereocenters. The van der Waals surface area contributed by atoms with Gasteiger partial charge in [0.15, 0.2) is 0 Å². The van der Waals surface area contributed by atoms with Crippen LogP contribution in [0.5, 0.6) is 0 Å². The predicted octanol–water partition coefficient (Wildman–Crippen LogP) is 2.78. The second kappa shape index (κ2) is 4.09. The van der Waals surface area contributed by atoms with Crippen LogP contribution in [0.1, 0.15) is 5.56 Å². The van der Waals surface area contributed by atoms with E-state index in [0.717, 1.165) is 16.4 Å². The smallest absolute Gasteiger partial charge is 0.106 e. The zero-order chi connectivity index (χ0) is 7.40. The summed E-state index contributed by atoms with van der Waals surface area (Å²) in [7, 11) is 0. The van der Waals surface area contributed by atoms with Crippen LogP contribution in [0.4, 0.5) is 0 Å². The molecule has 3 heteroatoms. The van der Waals surface area contributed by atoms with Crippen molar-refractivity contribution in [1.29, 1.82) is 0 Å². The molecule has 0 bridgehead atoms. The van der Waals surface area contributed by atoms with Crippen LogP contribution < -0.4 is 0 Å². The first-order valence-corrected chi connectivity index (χ1v) is 4.91. The van der Waals surface area contributed by atoms with Gasteiger partial charge in [-0.2, -0.15) is 0 Å². The molecule has 0 aromatic carbocycles. The molecule has 0 aliphatic rings. The van der Waals surface area contributed by atoms with E-state index in [1.165, 1.54) is 5.56 Å². The molecule has 0 fully saturated rings. The molecule has 0 aliphatic carbocycles. The molecular formula is C7H7Br2N. The molecule has 1 aromatic heterocycles. The van der Waals surface area contributed by atoms with Crippen LogP contribution in [-0.4, -0.2) is 10.3 Å². The standard InChI is InChI=1S/C7H7Br2N/c8-3-1-6-2-4-10-7(9)5-6/h2,4-5H,1,3H2. The fourth-order valence-corrected chi connectivity index (χ4v) is 1.58. The minimum atomic E-state index is 0.908. The van der Waals surface area contributed by atoms with Gasteiger partial charge in [0.05, 0.1) is 0 Å². The summed E-state index contributed by atoms with van der Waals surface area (Å²) in [6, 6.07) is 4.05. The van der Waals surface area contributed by atoms with E-state index in [0.29, 0.717) is 0 Å². The monoisotopic (exact) mass is 263 g/mol. The third-order valence-corrected chi connectivity index (χ3v) is 2.00. The average molecular weight is 265 g/mol. The van der Waals surface area contributed by atoms with E-state index in [9.17, 15) is 0 Å². The van der Waals surface area contributed by atoms with Crippen LogP contribution in [0.3, 0.4) is 0 Å². The highest BCUT2D eigenvalue weighted by Crippen LogP contribution is 2.08. The van der Waals surface area contributed by atoms with Crippen molar-refractivity contribution in [3.8, 4) is 0 Å². The van der Waals surface area contributed by atoms with Gasteiger partial charge in [-0.3, -0.25) is 0 Å². The number of aryl methyl sites for hydroxylation is 1. The lowest BCUT2D eigenvalue weighted by atomic mass is 10.2. The van der Waals surface area contributed by atoms with Crippen molar-refractivity contribution < 1.29 is 0 Å². The molecule has 1 aromatic rings. The first-order valence-electron chi connectivity index (χ1n) is 2.99. The van der Waals surface area contributed by atoms with Crippen molar-refractivity contribution >= 4 is 31.9 Å². The summed E-state index contributed by atoms with van der Waals surface area (Å²) in [6.45, 7) is 0. The fourth-order valence-electron chi connectivity index (χ4n) is 0.707. The Morgan fingerprint density at radius 1 is 1.50 bits per heavy atom. The highest BCUT2D eigenvalue weighted by molar-refractivity contribution is 9.10. The molecular weight excluding hydrogens is 258 g/mol. The van der Waals surface area contributed by atoms with E-state index >= 15 is 0 Å². The van der Waals surface area contributed by atoms with Crippen molar-refractivity contribution in [3.05, 3.63) is 28.5 Å². The molecule has 0 atom stereocenters. The van der Waals surface area contributed by atoms with Gasteiger partial charge in [-0.1, -0.05) is 15.9 Å². The molecule has 0 saturated heterocycles. The molecule has 0 saturated carbocycles. The molecule has 0 aliphatic heterocycles. The van der Waals surface area contributed by atoms with Crippen LogP contribution >= 0.6 is 31.9 Å². The fraction of sp³-hybridized carbons (Fsp3) is 0.286. The molecule has 0 radical (unpaired) electrons. The molecule has 0 spiro atoms. The Hall–Kier alpha value is 0.110. The van der Waals surface area contributed by atoms with Gasteiger partial charge in [-0.25, -0.2) is 4.98 Å². The molecule has 1 rings (SSSR count). The van der Waals surface area contributed by atoms with Crippen molar-refractivity contribution in [1.82, 2.24) is 4.98 Å². The van der Waals surface area contributed by atoms with Crippen LogP contribution in [0.2, 0.25) is 0 Å². The maximum Gasteiger partial charge on any atom is 0.106 e. The number of halogens is 2. The Balaban J connectivity index is 2.75. The zero-order valence-electron chi connectivity index (χ0n) is 5.35. The van der Waals surface area contributed by atoms with Crippen LogP contribution in [-0.2, 0) is 6.42 Å². The minimum Gasteiger partial charge on any atom is -0.249 e. The summed E-state index contributed by atoms with van der Waals surface area (Å²) in [5, 5.41) is 1.00. The summed E-state index contributed by atoms with van der Waals surface area (Å²) in [6.07, 6.45) is 2.86. The second-order valence-electron chi connectivity index (χ2n) is 1.93. The van der Waals surface area contributed by atoms with Gasteiger partial charge in [0, 0.05) is 11.5 Å². The summed E-state index contributed by atoms with van der Waals surface area (Å²) in [4.78, 5) is 4.02. The van der Waals surface area contributed by atoms with Gasteiger partial charge >= 0.3 is 0 Å². The van der Waals surface area contributed by atoms with Crippen molar-refractivity contribution in [2.24, 2.45) is 0 Å². The third-order valence-electron chi connectivity index (χ3n) is 1.17. The lowest BCUT2D eigenvalue weighted by Crippen LogP contribution is -1.85. The van der Waals surface area contributed by atoms with Crippen LogP contribution in [0.25, 0.3) is 0 Å². The Morgan fingerprint density at radius 3 is 2.90 bits per heavy atom. The van der Waals surface area contributed by atoms with Gasteiger partial charge in [0.2, 0.25) is 0 Å². The number of aromatic nitrogens is 1. The SMILES string of the molecule is BrCCc1ccnc(Br)c1. The second-order valence-corrected chi connectivity index (χ2v) is 3.53. The van der Waals surface area contributed by atoms with Gasteiger partial charge < -0.3 is 0 Å². The predicted molar refractivity (Wildman–Crippen MR) is 49.4 cm³/mol. The minimum absolute atomic E-state index is 0.908. The molecule has 10 heavy (non-hydrogen) atoms. The topological polar surface area (TPSA) is 12.9 Å². The lowest BCUT2D eigenvalue weighted by molar-refractivity contribution is 1.13. The van der Waals surface area contributed by atoms with Gasteiger partial charge in [0.1, 0.15) is 4.60 Å². The average Bonchev–Trinajstić information content (AvgIpc) is 1.88. The van der Waals surface area contributed by atoms with E-state index < -0.39 is 0 Å². The quantitative estimate of drug-likeness (QED) is 0.591. The highest BCUT2D eigenvalue weighted by atomic mass is 79.9. The maximum atomic E-state index is 4.02. The Kier molecular flexibility index (Phi) is 3.35.